The molecule has 1 heterocycles. The molecule has 0 spiro atoms. The highest BCUT2D eigenvalue weighted by Gasteiger charge is 2.07. The molecule has 0 aliphatic heterocycles. The zero-order valence-electron chi connectivity index (χ0n) is 10.0. The van der Waals surface area contributed by atoms with Crippen LogP contribution < -0.4 is 5.32 Å². The van der Waals surface area contributed by atoms with Crippen molar-refractivity contribution in [1.29, 1.82) is 0 Å². The van der Waals surface area contributed by atoms with E-state index >= 15 is 0 Å². The van der Waals surface area contributed by atoms with Crippen LogP contribution in [0, 0.1) is 0 Å². The van der Waals surface area contributed by atoms with E-state index in [4.69, 9.17) is 0 Å². The second-order valence-corrected chi connectivity index (χ2v) is 4.87. The first kappa shape index (κ1) is 11.9. The maximum Gasteiger partial charge on any atom is 0.0273 e. The van der Waals surface area contributed by atoms with Gasteiger partial charge in [-0.1, -0.05) is 11.6 Å². The Labute approximate surface area is 92.4 Å². The van der Waals surface area contributed by atoms with E-state index in [0.717, 1.165) is 6.54 Å². The van der Waals surface area contributed by atoms with Crippen LogP contribution in [-0.2, 0) is 0 Å². The first-order valence-corrected chi connectivity index (χ1v) is 5.29. The third kappa shape index (κ3) is 5.33. The Morgan fingerprint density at radius 3 is 2.47 bits per heavy atom. The fraction of sp³-hybridized carbons (Fsp3) is 0.462. The van der Waals surface area contributed by atoms with E-state index in [1.54, 1.807) is 0 Å². The molecule has 0 saturated heterocycles. The molecule has 0 saturated carbocycles. The van der Waals surface area contributed by atoms with E-state index in [0.29, 0.717) is 0 Å². The van der Waals surface area contributed by atoms with Crippen molar-refractivity contribution in [3.05, 3.63) is 35.7 Å². The van der Waals surface area contributed by atoms with E-state index in [9.17, 15) is 0 Å². The Balaban J connectivity index is 2.54. The van der Waals surface area contributed by atoms with Gasteiger partial charge < -0.3 is 5.32 Å². The predicted molar refractivity (Wildman–Crippen MR) is 65.6 cm³/mol. The minimum absolute atomic E-state index is 0.174. The van der Waals surface area contributed by atoms with Crippen LogP contribution >= 0.6 is 0 Å². The van der Waals surface area contributed by atoms with Crippen LogP contribution in [0.4, 0.5) is 0 Å². The maximum atomic E-state index is 3.99. The van der Waals surface area contributed by atoms with E-state index in [1.165, 1.54) is 11.1 Å². The number of hydrogen-bond donors (Lipinski definition) is 1. The lowest BCUT2D eigenvalue weighted by molar-refractivity contribution is 0.445. The molecule has 0 aliphatic carbocycles. The van der Waals surface area contributed by atoms with Crippen LogP contribution in [0.2, 0.25) is 0 Å². The predicted octanol–water partition coefficient (Wildman–Crippen LogP) is 2.87. The van der Waals surface area contributed by atoms with Crippen molar-refractivity contribution in [2.75, 3.05) is 6.54 Å². The van der Waals surface area contributed by atoms with Crippen molar-refractivity contribution in [3.63, 3.8) is 0 Å². The Hall–Kier alpha value is -1.15. The highest BCUT2D eigenvalue weighted by atomic mass is 14.9. The van der Waals surface area contributed by atoms with Gasteiger partial charge in [-0.05, 0) is 45.4 Å². The van der Waals surface area contributed by atoms with Gasteiger partial charge in [-0.3, -0.25) is 4.98 Å². The SMILES string of the molecule is CC(=Cc1ccncc1)CNC(C)(C)C. The number of aromatic nitrogens is 1. The first-order valence-electron chi connectivity index (χ1n) is 5.29. The van der Waals surface area contributed by atoms with Crippen molar-refractivity contribution < 1.29 is 0 Å². The minimum Gasteiger partial charge on any atom is -0.308 e. The zero-order valence-corrected chi connectivity index (χ0v) is 10.0. The van der Waals surface area contributed by atoms with Gasteiger partial charge in [-0.25, -0.2) is 0 Å². The summed E-state index contributed by atoms with van der Waals surface area (Å²) in [4.78, 5) is 3.99. The second kappa shape index (κ2) is 5.08. The standard InChI is InChI=1S/C13H20N2/c1-11(10-15-13(2,3)4)9-12-5-7-14-8-6-12/h5-9,15H,10H2,1-4H3. The molecule has 0 aliphatic rings. The zero-order chi connectivity index (χ0) is 11.3. The molecule has 2 nitrogen and oxygen atoms in total. The van der Waals surface area contributed by atoms with Gasteiger partial charge in [0.2, 0.25) is 0 Å². The number of pyridine rings is 1. The summed E-state index contributed by atoms with van der Waals surface area (Å²) in [5, 5.41) is 3.46. The first-order chi connectivity index (χ1) is 6.97. The van der Waals surface area contributed by atoms with Gasteiger partial charge in [-0.15, -0.1) is 0 Å². The van der Waals surface area contributed by atoms with Gasteiger partial charge >= 0.3 is 0 Å². The molecule has 15 heavy (non-hydrogen) atoms. The van der Waals surface area contributed by atoms with Gasteiger partial charge in [0.15, 0.2) is 0 Å². The summed E-state index contributed by atoms with van der Waals surface area (Å²) in [6.07, 6.45) is 5.81. The normalized spacial score (nSPS) is 12.9. The monoisotopic (exact) mass is 204 g/mol. The summed E-state index contributed by atoms with van der Waals surface area (Å²) in [6, 6.07) is 4.03. The lowest BCUT2D eigenvalue weighted by atomic mass is 10.1. The van der Waals surface area contributed by atoms with Crippen LogP contribution in [0.5, 0.6) is 0 Å². The molecular formula is C13H20N2. The molecule has 0 aromatic carbocycles. The van der Waals surface area contributed by atoms with Crippen molar-refractivity contribution in [1.82, 2.24) is 10.3 Å². The number of hydrogen-bond acceptors (Lipinski definition) is 2. The molecule has 1 rings (SSSR count). The van der Waals surface area contributed by atoms with E-state index in [1.807, 2.05) is 24.5 Å². The van der Waals surface area contributed by atoms with Gasteiger partial charge in [-0.2, -0.15) is 0 Å². The van der Waals surface area contributed by atoms with Crippen LogP contribution in [0.25, 0.3) is 6.08 Å². The molecule has 0 amide bonds. The Kier molecular flexibility index (Phi) is 4.04. The number of nitrogens with zero attached hydrogens (tertiary/aromatic N) is 1. The average molecular weight is 204 g/mol. The Morgan fingerprint density at radius 1 is 1.33 bits per heavy atom. The highest BCUT2D eigenvalue weighted by Crippen LogP contribution is 2.06. The van der Waals surface area contributed by atoms with Crippen LogP contribution in [0.15, 0.2) is 30.1 Å². The van der Waals surface area contributed by atoms with Gasteiger partial charge in [0.1, 0.15) is 0 Å². The van der Waals surface area contributed by atoms with Crippen molar-refractivity contribution in [2.45, 2.75) is 33.2 Å². The summed E-state index contributed by atoms with van der Waals surface area (Å²) in [5.41, 5.74) is 2.71. The largest absolute Gasteiger partial charge is 0.308 e. The lowest BCUT2D eigenvalue weighted by Crippen LogP contribution is -2.36. The molecule has 1 N–H and O–H groups in total. The molecular weight excluding hydrogens is 184 g/mol. The number of nitrogens with one attached hydrogen (secondary N) is 1. The summed E-state index contributed by atoms with van der Waals surface area (Å²) in [5.74, 6) is 0. The second-order valence-electron chi connectivity index (χ2n) is 4.87. The maximum absolute atomic E-state index is 3.99. The van der Waals surface area contributed by atoms with E-state index in [2.05, 4.69) is 44.1 Å². The van der Waals surface area contributed by atoms with Crippen LogP contribution in [0.3, 0.4) is 0 Å². The molecule has 0 unspecified atom stereocenters. The molecule has 1 aromatic heterocycles. The average Bonchev–Trinajstić information content (AvgIpc) is 2.15. The van der Waals surface area contributed by atoms with E-state index < -0.39 is 0 Å². The van der Waals surface area contributed by atoms with Crippen molar-refractivity contribution >= 4 is 6.08 Å². The summed E-state index contributed by atoms with van der Waals surface area (Å²) in [6.45, 7) is 9.58. The van der Waals surface area contributed by atoms with E-state index in [-0.39, 0.29) is 5.54 Å². The van der Waals surface area contributed by atoms with Crippen LogP contribution in [-0.4, -0.2) is 17.1 Å². The lowest BCUT2D eigenvalue weighted by Gasteiger charge is -2.20. The molecule has 2 heteroatoms. The van der Waals surface area contributed by atoms with Gasteiger partial charge in [0.25, 0.3) is 0 Å². The van der Waals surface area contributed by atoms with Gasteiger partial charge in [0, 0.05) is 24.5 Å². The minimum atomic E-state index is 0.174. The Bertz CT molecular complexity index is 320. The third-order valence-electron chi connectivity index (χ3n) is 2.02. The fourth-order valence-corrected chi connectivity index (χ4v) is 1.20. The molecule has 0 fully saturated rings. The highest BCUT2D eigenvalue weighted by molar-refractivity contribution is 5.51. The summed E-state index contributed by atoms with van der Waals surface area (Å²) < 4.78 is 0. The molecule has 0 bridgehead atoms. The van der Waals surface area contributed by atoms with Crippen LogP contribution in [0.1, 0.15) is 33.3 Å². The van der Waals surface area contributed by atoms with Gasteiger partial charge in [0.05, 0.1) is 0 Å². The Morgan fingerprint density at radius 2 is 1.93 bits per heavy atom. The molecule has 82 valence electrons. The summed E-state index contributed by atoms with van der Waals surface area (Å²) >= 11 is 0. The molecule has 1 aromatic rings. The third-order valence-corrected chi connectivity index (χ3v) is 2.02. The molecule has 0 radical (unpaired) electrons. The van der Waals surface area contributed by atoms with Crippen molar-refractivity contribution in [2.24, 2.45) is 0 Å². The molecule has 0 atom stereocenters. The summed E-state index contributed by atoms with van der Waals surface area (Å²) in [7, 11) is 0. The quantitative estimate of drug-likeness (QED) is 0.819. The van der Waals surface area contributed by atoms with Crippen molar-refractivity contribution in [3.8, 4) is 0 Å². The fourth-order valence-electron chi connectivity index (χ4n) is 1.20. The topological polar surface area (TPSA) is 24.9 Å². The number of rotatable bonds is 3. The smallest absolute Gasteiger partial charge is 0.0273 e.